The minimum atomic E-state index is -0.544. The Bertz CT molecular complexity index is 662. The van der Waals surface area contributed by atoms with Crippen LogP contribution in [0.5, 0.6) is 0 Å². The zero-order chi connectivity index (χ0) is 17.9. The molecule has 4 aliphatic rings. The van der Waals surface area contributed by atoms with Gasteiger partial charge in [0, 0.05) is 0 Å². The van der Waals surface area contributed by atoms with E-state index in [1.165, 1.54) is 30.4 Å². The minimum absolute atomic E-state index is 0.0230. The minimum Gasteiger partial charge on any atom is -0.394 e. The highest BCUT2D eigenvalue weighted by Crippen LogP contribution is 2.65. The van der Waals surface area contributed by atoms with Crippen molar-refractivity contribution in [1.29, 1.82) is 0 Å². The highest BCUT2D eigenvalue weighted by atomic mass is 16.3. The molecule has 0 aliphatic heterocycles. The molecule has 0 radical (unpaired) electrons. The van der Waals surface area contributed by atoms with Gasteiger partial charge >= 0.3 is 0 Å². The largest absolute Gasteiger partial charge is 0.394 e. The van der Waals surface area contributed by atoms with Crippen LogP contribution in [0.3, 0.4) is 0 Å². The van der Waals surface area contributed by atoms with Gasteiger partial charge in [-0.2, -0.15) is 0 Å². The average Bonchev–Trinajstić information content (AvgIpc) is 2.53. The second-order valence-electron chi connectivity index (χ2n) is 9.88. The number of aliphatic hydroxyl groups is 1. The summed E-state index contributed by atoms with van der Waals surface area (Å²) in [6.45, 7) is 5.92. The van der Waals surface area contributed by atoms with Gasteiger partial charge in [-0.1, -0.05) is 29.8 Å². The van der Waals surface area contributed by atoms with Crippen molar-refractivity contribution in [2.75, 3.05) is 6.61 Å². The summed E-state index contributed by atoms with van der Waals surface area (Å²) in [6.07, 6.45) is 6.82. The Morgan fingerprint density at radius 2 is 1.76 bits per heavy atom. The van der Waals surface area contributed by atoms with Crippen LogP contribution in [0.15, 0.2) is 24.3 Å². The van der Waals surface area contributed by atoms with Gasteiger partial charge in [0.2, 0.25) is 5.91 Å². The lowest BCUT2D eigenvalue weighted by atomic mass is 9.42. The van der Waals surface area contributed by atoms with E-state index >= 15 is 0 Å². The van der Waals surface area contributed by atoms with Crippen LogP contribution in [-0.4, -0.2) is 23.2 Å². The number of aliphatic hydroxyl groups excluding tert-OH is 1. The Labute approximate surface area is 151 Å². The Morgan fingerprint density at radius 1 is 1.16 bits per heavy atom. The van der Waals surface area contributed by atoms with E-state index in [9.17, 15) is 9.90 Å². The summed E-state index contributed by atoms with van der Waals surface area (Å²) in [5.41, 5.74) is 2.13. The first-order chi connectivity index (χ1) is 11.8. The van der Waals surface area contributed by atoms with E-state index in [1.807, 2.05) is 13.8 Å². The first-order valence-corrected chi connectivity index (χ1v) is 9.77. The first kappa shape index (κ1) is 17.1. The van der Waals surface area contributed by atoms with E-state index in [-0.39, 0.29) is 23.3 Å². The molecule has 2 N–H and O–H groups in total. The number of hydrogen-bond donors (Lipinski definition) is 2. The predicted molar refractivity (Wildman–Crippen MR) is 99.3 cm³/mol. The monoisotopic (exact) mass is 341 g/mol. The molecule has 5 rings (SSSR count). The molecule has 1 aromatic carbocycles. The van der Waals surface area contributed by atoms with E-state index < -0.39 is 5.54 Å². The summed E-state index contributed by atoms with van der Waals surface area (Å²) >= 11 is 0. The maximum absolute atomic E-state index is 13.3. The zero-order valence-electron chi connectivity index (χ0n) is 15.8. The van der Waals surface area contributed by atoms with Crippen LogP contribution in [0.2, 0.25) is 0 Å². The van der Waals surface area contributed by atoms with Crippen LogP contribution in [0.25, 0.3) is 0 Å². The summed E-state index contributed by atoms with van der Waals surface area (Å²) in [7, 11) is 0. The molecule has 3 nitrogen and oxygen atoms in total. The molecule has 4 fully saturated rings. The van der Waals surface area contributed by atoms with Gasteiger partial charge in [0.25, 0.3) is 0 Å². The lowest BCUT2D eigenvalue weighted by molar-refractivity contribution is -0.151. The molecule has 0 heterocycles. The summed E-state index contributed by atoms with van der Waals surface area (Å²) in [6, 6.07) is 9.03. The molecular weight excluding hydrogens is 310 g/mol. The van der Waals surface area contributed by atoms with Crippen molar-refractivity contribution in [2.45, 2.75) is 70.3 Å². The van der Waals surface area contributed by atoms with Crippen LogP contribution in [0.1, 0.15) is 63.5 Å². The van der Waals surface area contributed by atoms with Crippen LogP contribution in [0.4, 0.5) is 0 Å². The van der Waals surface area contributed by atoms with E-state index in [0.29, 0.717) is 11.8 Å². The van der Waals surface area contributed by atoms with Crippen molar-refractivity contribution in [3.05, 3.63) is 35.4 Å². The van der Waals surface area contributed by atoms with E-state index in [1.54, 1.807) is 0 Å². The number of carbonyl (C=O) groups is 1. The van der Waals surface area contributed by atoms with Crippen molar-refractivity contribution in [3.63, 3.8) is 0 Å². The number of carbonyl (C=O) groups excluding carboxylic acids is 1. The highest BCUT2D eigenvalue weighted by Gasteiger charge is 2.61. The zero-order valence-corrected chi connectivity index (χ0v) is 15.8. The van der Waals surface area contributed by atoms with Crippen molar-refractivity contribution in [3.8, 4) is 0 Å². The summed E-state index contributed by atoms with van der Waals surface area (Å²) in [4.78, 5) is 13.3. The average molecular weight is 341 g/mol. The molecule has 4 aliphatic carbocycles. The van der Waals surface area contributed by atoms with E-state index in [2.05, 4.69) is 36.5 Å². The van der Waals surface area contributed by atoms with Gasteiger partial charge in [-0.25, -0.2) is 0 Å². The fourth-order valence-electron chi connectivity index (χ4n) is 6.25. The molecule has 3 heteroatoms. The molecule has 3 unspecified atom stereocenters. The number of amides is 1. The highest BCUT2D eigenvalue weighted by molar-refractivity contribution is 5.84. The van der Waals surface area contributed by atoms with E-state index in [0.717, 1.165) is 19.3 Å². The molecule has 0 spiro atoms. The van der Waals surface area contributed by atoms with Gasteiger partial charge in [-0.3, -0.25) is 4.79 Å². The molecule has 4 atom stereocenters. The second kappa shape index (κ2) is 5.57. The van der Waals surface area contributed by atoms with Crippen molar-refractivity contribution >= 4 is 5.91 Å². The van der Waals surface area contributed by atoms with Gasteiger partial charge in [0.15, 0.2) is 0 Å². The number of rotatable bonds is 4. The number of aryl methyl sites for hydroxylation is 1. The topological polar surface area (TPSA) is 49.3 Å². The summed E-state index contributed by atoms with van der Waals surface area (Å²) < 4.78 is 0. The van der Waals surface area contributed by atoms with Crippen LogP contribution >= 0.6 is 0 Å². The van der Waals surface area contributed by atoms with Gasteiger partial charge in [0.05, 0.1) is 17.6 Å². The lowest BCUT2D eigenvalue weighted by Gasteiger charge is -2.62. The normalized spacial score (nSPS) is 36.5. The fraction of sp³-hybridized carbons (Fsp3) is 0.682. The van der Waals surface area contributed by atoms with Gasteiger partial charge in [-0.05, 0) is 82.1 Å². The Morgan fingerprint density at radius 3 is 2.32 bits per heavy atom. The van der Waals surface area contributed by atoms with Crippen LogP contribution in [0, 0.1) is 24.2 Å². The summed E-state index contributed by atoms with van der Waals surface area (Å²) in [5.74, 6) is 1.52. The SMILES string of the molecule is Cc1ccc(C23CC4C[C@@H](CC(C(=O)NC(C)(C)CO)(C4)C2)C3)cc1. The Hall–Kier alpha value is -1.35. The fourth-order valence-corrected chi connectivity index (χ4v) is 6.25. The quantitative estimate of drug-likeness (QED) is 0.877. The number of nitrogens with one attached hydrogen (secondary N) is 1. The van der Waals surface area contributed by atoms with Gasteiger partial charge < -0.3 is 10.4 Å². The van der Waals surface area contributed by atoms with Gasteiger partial charge in [-0.15, -0.1) is 0 Å². The third-order valence-corrected chi connectivity index (χ3v) is 7.05. The third kappa shape index (κ3) is 2.81. The molecule has 0 aromatic heterocycles. The molecule has 1 amide bonds. The molecule has 136 valence electrons. The van der Waals surface area contributed by atoms with E-state index in [4.69, 9.17) is 0 Å². The molecule has 4 saturated carbocycles. The van der Waals surface area contributed by atoms with Crippen LogP contribution in [-0.2, 0) is 10.2 Å². The van der Waals surface area contributed by atoms with Gasteiger partial charge in [0.1, 0.15) is 0 Å². The molecule has 4 bridgehead atoms. The lowest BCUT2D eigenvalue weighted by Crippen LogP contribution is -2.61. The smallest absolute Gasteiger partial charge is 0.226 e. The first-order valence-electron chi connectivity index (χ1n) is 9.77. The molecule has 25 heavy (non-hydrogen) atoms. The van der Waals surface area contributed by atoms with Crippen LogP contribution < -0.4 is 5.32 Å². The number of hydrogen-bond acceptors (Lipinski definition) is 2. The van der Waals surface area contributed by atoms with Crippen molar-refractivity contribution < 1.29 is 9.90 Å². The Kier molecular flexibility index (Phi) is 3.81. The molecule has 0 saturated heterocycles. The molecular formula is C22H31NO2. The maximum Gasteiger partial charge on any atom is 0.226 e. The number of benzene rings is 1. The maximum atomic E-state index is 13.3. The van der Waals surface area contributed by atoms with Crippen molar-refractivity contribution in [1.82, 2.24) is 5.32 Å². The summed E-state index contributed by atoms with van der Waals surface area (Å²) in [5, 5.41) is 12.7. The standard InChI is InChI=1S/C22H31NO2/c1-15-4-6-18(7-5-15)21-9-16-8-17(10-21)12-22(11-16,13-21)19(25)23-20(2,3)14-24/h4-7,16-17,24H,8-14H2,1-3H3,(H,23,25)/t16-,17?,21?,22?/m1/s1. The van der Waals surface area contributed by atoms with Crippen molar-refractivity contribution in [2.24, 2.45) is 17.3 Å². The molecule has 1 aromatic rings. The Balaban J connectivity index is 1.67. The second-order valence-corrected chi connectivity index (χ2v) is 9.88. The predicted octanol–water partition coefficient (Wildman–Crippen LogP) is 3.72. The third-order valence-electron chi connectivity index (χ3n) is 7.05.